The molecule has 26 heteroatoms. The second kappa shape index (κ2) is 64.3. The molecule has 422 valence electrons. The predicted molar refractivity (Wildman–Crippen MR) is 288 cm³/mol. The van der Waals surface area contributed by atoms with Crippen molar-refractivity contribution in [2.45, 2.75) is 97.8 Å². The van der Waals surface area contributed by atoms with Crippen LogP contribution in [0, 0.1) is 0 Å². The smallest absolute Gasteiger partial charge is 1.00 e. The summed E-state index contributed by atoms with van der Waals surface area (Å²) in [6.45, 7) is 7.70. The molecule has 0 aromatic heterocycles. The number of carboxylic acids is 2. The summed E-state index contributed by atoms with van der Waals surface area (Å²) >= 11 is 26.3. The van der Waals surface area contributed by atoms with Crippen LogP contribution in [-0.2, 0) is 19.2 Å². The van der Waals surface area contributed by atoms with Gasteiger partial charge in [0.2, 0.25) is 0 Å². The Morgan fingerprint density at radius 1 is 0.610 bits per heavy atom. The van der Waals surface area contributed by atoms with Gasteiger partial charge in [-0.05, 0) is 92.1 Å². The minimum atomic E-state index is -1.10. The molecule has 6 N–H and O–H groups in total. The molecule has 0 aliphatic carbocycles. The van der Waals surface area contributed by atoms with Gasteiger partial charge in [-0.1, -0.05) is 141 Å². The summed E-state index contributed by atoms with van der Waals surface area (Å²) in [6.07, 6.45) is 14.7. The molecule has 0 unspecified atom stereocenters. The number of phenols is 2. The van der Waals surface area contributed by atoms with Crippen molar-refractivity contribution in [3.63, 3.8) is 0 Å². The van der Waals surface area contributed by atoms with Gasteiger partial charge >= 0.3 is 156 Å². The number of carbonyl (C=O) groups excluding carboxylic acids is 3. The molecule has 0 bridgehead atoms. The third-order valence-electron chi connectivity index (χ3n) is 8.62. The van der Waals surface area contributed by atoms with Crippen LogP contribution in [0.4, 0.5) is 4.39 Å². The van der Waals surface area contributed by atoms with Gasteiger partial charge in [0.25, 0.3) is 6.47 Å². The Kier molecular flexibility index (Phi) is 75.1. The number of aromatic hydroxyl groups is 2. The Balaban J connectivity index is -0.000000107. The molecular formula is C51H71BrCl4FK2NaO17. The van der Waals surface area contributed by atoms with Crippen molar-refractivity contribution in [1.82, 2.24) is 0 Å². The summed E-state index contributed by atoms with van der Waals surface area (Å²) in [5.41, 5.74) is 0.698. The van der Waals surface area contributed by atoms with E-state index in [-0.39, 0.29) is 189 Å². The van der Waals surface area contributed by atoms with Crippen LogP contribution in [0.2, 0.25) is 20.1 Å². The van der Waals surface area contributed by atoms with E-state index in [1.165, 1.54) is 120 Å². The fraction of sp³-hybridized carbons (Fsp3) is 0.431. The molecule has 4 aromatic carbocycles. The van der Waals surface area contributed by atoms with Gasteiger partial charge in [0.05, 0.1) is 78.3 Å². The number of rotatable bonds is 21. The van der Waals surface area contributed by atoms with E-state index < -0.39 is 31.0 Å². The van der Waals surface area contributed by atoms with E-state index in [0.29, 0.717) is 35.3 Å². The topological polar surface area (TPSA) is 286 Å². The number of hydrogen-bond acceptors (Lipinski definition) is 15. The molecule has 0 spiro atoms. The van der Waals surface area contributed by atoms with Crippen LogP contribution in [0.5, 0.6) is 23.0 Å². The molecular weight excluding hydrogens is 1230 g/mol. The van der Waals surface area contributed by atoms with Crippen molar-refractivity contribution in [1.29, 1.82) is 0 Å². The minimum absolute atomic E-state index is 0. The zero-order valence-corrected chi connectivity index (χ0v) is 58.1. The molecule has 4 aromatic rings. The Morgan fingerprint density at radius 2 is 0.896 bits per heavy atom. The quantitative estimate of drug-likeness (QED) is 0.0149. The van der Waals surface area contributed by atoms with Crippen molar-refractivity contribution in [2.24, 2.45) is 0 Å². The largest absolute Gasteiger partial charge is 1.00 e. The maximum absolute atomic E-state index is 11.3. The molecule has 0 aliphatic heterocycles. The van der Waals surface area contributed by atoms with Crippen molar-refractivity contribution >= 4 is 92.7 Å². The number of unbranched alkanes of at least 4 members (excludes halogenated alkanes) is 9. The van der Waals surface area contributed by atoms with Crippen LogP contribution in [0.15, 0.2) is 72.8 Å². The van der Waals surface area contributed by atoms with Gasteiger partial charge in [-0.3, -0.25) is 9.18 Å². The van der Waals surface area contributed by atoms with Gasteiger partial charge in [0.1, 0.15) is 23.0 Å². The Labute approximate surface area is 590 Å². The number of phenolic OH excluding ortho intramolecular Hbond substituents is 2. The first-order valence-electron chi connectivity index (χ1n) is 23.1. The number of halogens is 6. The number of benzene rings is 4. The molecule has 0 heterocycles. The Bertz CT molecular complexity index is 2150. The summed E-state index contributed by atoms with van der Waals surface area (Å²) < 4.78 is 35.6. The summed E-state index contributed by atoms with van der Waals surface area (Å²) in [4.78, 5) is 54.6. The van der Waals surface area contributed by atoms with Crippen molar-refractivity contribution in [3.8, 4) is 23.0 Å². The average Bonchev–Trinajstić information content (AvgIpc) is 3.37. The number of esters is 2. The number of ether oxygens (including phenoxy) is 4. The van der Waals surface area contributed by atoms with E-state index in [4.69, 9.17) is 92.8 Å². The molecule has 4 rings (SSSR count). The standard InChI is InChI=1S/C14H19ClO3.C13H17ClO3.C8H7ClO3.C7H5ClO3.C6H13Br.CH3F.CH2O3.CH4O.2K.Na.H2O.H/c1-3-4-5-6-9-18-11-7-8-12(13(15)10-11)14(16)17-2;1-2-3-4-5-8-17-10-6-7-11(13(15)16)12(14)9-10;1-12-8(11)6-3-2-5(10)4-7(6)9;8-6-3-4(9)1-2-5(6)7(10)11;1-2-3-4-5-6-7;1-2;2-1-4-3;1-2;;;;;/h7-8,10H,3-6,9H2,1-2H3;6-7,9H,2-5,8H2,1H3,(H,15,16);2-4,10H,1H3;1-3,9H,(H,10,11);2-6H2,1H3;1H3;1,3H;2H,1H3;;;;1H2;/q;;;;;;;;3*+1;;-1/p-2/i;;;;;1D;;;;;;;. The van der Waals surface area contributed by atoms with E-state index in [0.717, 1.165) is 26.4 Å². The van der Waals surface area contributed by atoms with Crippen molar-refractivity contribution in [3.05, 3.63) is 115 Å². The summed E-state index contributed by atoms with van der Waals surface area (Å²) in [7, 11) is 2.60. The normalized spacial score (nSPS) is 8.94. The first-order valence-corrected chi connectivity index (χ1v) is 25.0. The van der Waals surface area contributed by atoms with Crippen molar-refractivity contribution in [2.75, 3.05) is 47.0 Å². The van der Waals surface area contributed by atoms with Crippen LogP contribution in [-0.4, -0.2) is 108 Å². The summed E-state index contributed by atoms with van der Waals surface area (Å²) in [6, 6.07) is 17.4. The fourth-order valence-electron chi connectivity index (χ4n) is 5.04. The number of carbonyl (C=O) groups is 5. The molecule has 77 heavy (non-hydrogen) atoms. The molecule has 0 fully saturated rings. The SMILES string of the molecule is CCCCCCBr.CCCCCCOc1ccc(C(=O)O)c(Cl)c1.CCCCCCOc1ccc(C(=O)OC)c(Cl)c1.CO.COC(=O)c1ccc(O)cc1Cl.O=C(O)c1ccc(O)cc1Cl.O=CO[O-].[2H]CF.[H-].[K+].[K+].[Na+].[OH-]. The summed E-state index contributed by atoms with van der Waals surface area (Å²) in [5, 5.41) is 52.5. The number of methoxy groups -OCH3 is 2. The molecule has 0 atom stereocenters. The van der Waals surface area contributed by atoms with Gasteiger partial charge in [0, 0.05) is 12.4 Å². The van der Waals surface area contributed by atoms with Gasteiger partial charge in [-0.2, -0.15) is 0 Å². The molecule has 0 radical (unpaired) electrons. The van der Waals surface area contributed by atoms with Crippen LogP contribution in [0.1, 0.15) is 142 Å². The molecule has 0 saturated heterocycles. The first-order chi connectivity index (χ1) is 35.3. The second-order valence-electron chi connectivity index (χ2n) is 14.0. The number of aromatic carboxylic acids is 2. The number of alkyl halides is 2. The van der Waals surface area contributed by atoms with Crippen LogP contribution in [0.25, 0.3) is 0 Å². The maximum atomic E-state index is 11.3. The van der Waals surface area contributed by atoms with E-state index in [1.54, 1.807) is 30.3 Å². The molecule has 0 saturated carbocycles. The third kappa shape index (κ3) is 49.5. The fourth-order valence-corrected chi connectivity index (χ4v) is 6.44. The Morgan fingerprint density at radius 3 is 1.16 bits per heavy atom. The number of hydrogen-bond donors (Lipinski definition) is 5. The van der Waals surface area contributed by atoms with Gasteiger partial charge in [-0.25, -0.2) is 19.2 Å². The van der Waals surface area contributed by atoms with Gasteiger partial charge < -0.3 is 61.5 Å². The molecule has 0 aliphatic rings. The third-order valence-corrected chi connectivity index (χ3v) is 10.4. The van der Waals surface area contributed by atoms with Gasteiger partial charge in [-0.15, -0.1) is 0 Å². The van der Waals surface area contributed by atoms with Crippen LogP contribution < -0.4 is 147 Å². The monoisotopic (exact) mass is 1300 g/mol. The van der Waals surface area contributed by atoms with E-state index in [9.17, 15) is 23.6 Å². The number of aliphatic hydroxyl groups is 1. The zero-order chi connectivity index (χ0) is 57.3. The average molecular weight is 1300 g/mol. The van der Waals surface area contributed by atoms with Gasteiger partial charge in [0.15, 0.2) is 0 Å². The Hall–Kier alpha value is -0.847. The molecule has 0 amide bonds. The minimum Gasteiger partial charge on any atom is -1.00 e. The second-order valence-corrected chi connectivity index (χ2v) is 16.4. The van der Waals surface area contributed by atoms with E-state index >= 15 is 0 Å². The number of carboxylic acid groups (broad SMARTS) is 2. The van der Waals surface area contributed by atoms with Crippen LogP contribution >= 0.6 is 62.3 Å². The maximum Gasteiger partial charge on any atom is 1.00 e. The zero-order valence-electron chi connectivity index (χ0n) is 47.3. The van der Waals surface area contributed by atoms with E-state index in [2.05, 4.69) is 51.1 Å². The predicted octanol–water partition coefficient (Wildman–Crippen LogP) is 4.20. The first kappa shape index (κ1) is 89.9. The van der Waals surface area contributed by atoms with E-state index in [1.807, 2.05) is 0 Å². The van der Waals surface area contributed by atoms with Crippen LogP contribution in [0.3, 0.4) is 0 Å². The summed E-state index contributed by atoms with van der Waals surface area (Å²) in [5.74, 6) is -1.79. The number of aliphatic hydroxyl groups excluding tert-OH is 1. The van der Waals surface area contributed by atoms with Crippen molar-refractivity contribution < 1.29 is 224 Å². The molecule has 17 nitrogen and oxygen atoms in total.